The zero-order valence-corrected chi connectivity index (χ0v) is 10.1. The predicted octanol–water partition coefficient (Wildman–Crippen LogP) is 1.54. The molecule has 0 bridgehead atoms. The fourth-order valence-corrected chi connectivity index (χ4v) is 2.39. The monoisotopic (exact) mass is 223 g/mol. The van der Waals surface area contributed by atoms with Gasteiger partial charge in [0.1, 0.15) is 5.76 Å². The molecule has 1 saturated heterocycles. The summed E-state index contributed by atoms with van der Waals surface area (Å²) < 4.78 is 5.08. The molecule has 2 heterocycles. The molecule has 1 aromatic heterocycles. The Morgan fingerprint density at radius 3 is 3.12 bits per heavy atom. The SMILES string of the molecule is Cc1cc(CN2CCCC(C(C)N)C2)no1. The molecule has 2 atom stereocenters. The van der Waals surface area contributed by atoms with Gasteiger partial charge in [-0.2, -0.15) is 0 Å². The predicted molar refractivity (Wildman–Crippen MR) is 62.9 cm³/mol. The summed E-state index contributed by atoms with van der Waals surface area (Å²) in [6.45, 7) is 7.16. The number of nitrogens with two attached hydrogens (primary N) is 1. The first-order valence-electron chi connectivity index (χ1n) is 6.05. The maximum absolute atomic E-state index is 5.97. The van der Waals surface area contributed by atoms with Crippen molar-refractivity contribution in [3.8, 4) is 0 Å². The van der Waals surface area contributed by atoms with E-state index < -0.39 is 0 Å². The van der Waals surface area contributed by atoms with E-state index in [2.05, 4.69) is 17.0 Å². The van der Waals surface area contributed by atoms with Gasteiger partial charge in [-0.05, 0) is 39.2 Å². The van der Waals surface area contributed by atoms with Gasteiger partial charge >= 0.3 is 0 Å². The molecule has 16 heavy (non-hydrogen) atoms. The Kier molecular flexibility index (Phi) is 3.61. The van der Waals surface area contributed by atoms with Crippen LogP contribution >= 0.6 is 0 Å². The smallest absolute Gasteiger partial charge is 0.133 e. The summed E-state index contributed by atoms with van der Waals surface area (Å²) in [4.78, 5) is 2.43. The highest BCUT2D eigenvalue weighted by Crippen LogP contribution is 2.20. The van der Waals surface area contributed by atoms with Crippen LogP contribution < -0.4 is 5.73 Å². The number of piperidine rings is 1. The van der Waals surface area contributed by atoms with Crippen LogP contribution in [0.4, 0.5) is 0 Å². The lowest BCUT2D eigenvalue weighted by molar-refractivity contribution is 0.151. The number of hydrogen-bond acceptors (Lipinski definition) is 4. The van der Waals surface area contributed by atoms with Crippen LogP contribution in [0.3, 0.4) is 0 Å². The summed E-state index contributed by atoms with van der Waals surface area (Å²) in [5, 5.41) is 4.03. The van der Waals surface area contributed by atoms with E-state index in [9.17, 15) is 0 Å². The van der Waals surface area contributed by atoms with E-state index in [0.717, 1.165) is 31.1 Å². The molecule has 2 unspecified atom stereocenters. The van der Waals surface area contributed by atoms with Crippen molar-refractivity contribution < 1.29 is 4.52 Å². The Labute approximate surface area is 96.8 Å². The molecule has 0 amide bonds. The van der Waals surface area contributed by atoms with Crippen molar-refractivity contribution in [2.75, 3.05) is 13.1 Å². The molecule has 0 spiro atoms. The van der Waals surface area contributed by atoms with Crippen molar-refractivity contribution in [1.29, 1.82) is 0 Å². The molecule has 0 saturated carbocycles. The molecule has 2 rings (SSSR count). The van der Waals surface area contributed by atoms with Crippen LogP contribution in [0.25, 0.3) is 0 Å². The first kappa shape index (κ1) is 11.6. The van der Waals surface area contributed by atoms with Gasteiger partial charge in [0.15, 0.2) is 0 Å². The van der Waals surface area contributed by atoms with Gasteiger partial charge in [-0.25, -0.2) is 0 Å². The van der Waals surface area contributed by atoms with Gasteiger partial charge < -0.3 is 10.3 Å². The highest BCUT2D eigenvalue weighted by atomic mass is 16.5. The lowest BCUT2D eigenvalue weighted by Crippen LogP contribution is -2.41. The Bertz CT molecular complexity index is 335. The van der Waals surface area contributed by atoms with Gasteiger partial charge in [0.2, 0.25) is 0 Å². The van der Waals surface area contributed by atoms with E-state index in [4.69, 9.17) is 10.3 Å². The maximum atomic E-state index is 5.97. The fourth-order valence-electron chi connectivity index (χ4n) is 2.39. The minimum Gasteiger partial charge on any atom is -0.361 e. The van der Waals surface area contributed by atoms with Gasteiger partial charge in [0.05, 0.1) is 5.69 Å². The second-order valence-electron chi connectivity index (χ2n) is 4.93. The molecule has 1 aliphatic rings. The lowest BCUT2D eigenvalue weighted by Gasteiger charge is -2.34. The van der Waals surface area contributed by atoms with E-state index in [-0.39, 0.29) is 0 Å². The Morgan fingerprint density at radius 2 is 2.50 bits per heavy atom. The minimum atomic E-state index is 0.293. The number of aryl methyl sites for hydroxylation is 1. The van der Waals surface area contributed by atoms with E-state index >= 15 is 0 Å². The standard InChI is InChI=1S/C12H21N3O/c1-9-6-12(14-16-9)8-15-5-3-4-11(7-15)10(2)13/h6,10-11H,3-5,7-8,13H2,1-2H3. The number of hydrogen-bond donors (Lipinski definition) is 1. The Morgan fingerprint density at radius 1 is 1.69 bits per heavy atom. The van der Waals surface area contributed by atoms with Gasteiger partial charge in [-0.3, -0.25) is 4.90 Å². The maximum Gasteiger partial charge on any atom is 0.133 e. The number of nitrogens with zero attached hydrogens (tertiary/aromatic N) is 2. The largest absolute Gasteiger partial charge is 0.361 e. The minimum absolute atomic E-state index is 0.293. The first-order valence-corrected chi connectivity index (χ1v) is 6.05. The molecule has 0 aromatic carbocycles. The average Bonchev–Trinajstić information content (AvgIpc) is 2.64. The van der Waals surface area contributed by atoms with E-state index in [0.29, 0.717) is 12.0 Å². The van der Waals surface area contributed by atoms with E-state index in [1.807, 2.05) is 13.0 Å². The van der Waals surface area contributed by atoms with Crippen molar-refractivity contribution in [2.45, 2.75) is 39.3 Å². The van der Waals surface area contributed by atoms with Crippen LogP contribution in [0.5, 0.6) is 0 Å². The molecule has 0 aliphatic carbocycles. The highest BCUT2D eigenvalue weighted by molar-refractivity contribution is 5.03. The van der Waals surface area contributed by atoms with Gasteiger partial charge in [-0.15, -0.1) is 0 Å². The lowest BCUT2D eigenvalue weighted by atomic mass is 9.92. The zero-order valence-electron chi connectivity index (χ0n) is 10.1. The zero-order chi connectivity index (χ0) is 11.5. The third-order valence-electron chi connectivity index (χ3n) is 3.35. The molecular formula is C12H21N3O. The summed E-state index contributed by atoms with van der Waals surface area (Å²) in [6, 6.07) is 2.30. The fraction of sp³-hybridized carbons (Fsp3) is 0.750. The topological polar surface area (TPSA) is 55.3 Å². The molecule has 1 aromatic rings. The molecule has 1 aliphatic heterocycles. The van der Waals surface area contributed by atoms with Crippen molar-refractivity contribution in [3.63, 3.8) is 0 Å². The van der Waals surface area contributed by atoms with Crippen LogP contribution in [0, 0.1) is 12.8 Å². The van der Waals surface area contributed by atoms with E-state index in [1.165, 1.54) is 12.8 Å². The third kappa shape index (κ3) is 2.83. The molecule has 1 fully saturated rings. The molecule has 0 radical (unpaired) electrons. The summed E-state index contributed by atoms with van der Waals surface area (Å²) in [5.74, 6) is 1.51. The third-order valence-corrected chi connectivity index (χ3v) is 3.35. The number of likely N-dealkylation sites (tertiary alicyclic amines) is 1. The molecule has 4 nitrogen and oxygen atoms in total. The van der Waals surface area contributed by atoms with Crippen LogP contribution in [0.15, 0.2) is 10.6 Å². The average molecular weight is 223 g/mol. The van der Waals surface area contributed by atoms with Crippen LogP contribution in [-0.4, -0.2) is 29.2 Å². The summed E-state index contributed by atoms with van der Waals surface area (Å²) in [5.41, 5.74) is 7.00. The first-order chi connectivity index (χ1) is 7.65. The second-order valence-corrected chi connectivity index (χ2v) is 4.93. The number of aromatic nitrogens is 1. The van der Waals surface area contributed by atoms with Crippen LogP contribution in [0.2, 0.25) is 0 Å². The Balaban J connectivity index is 1.90. The van der Waals surface area contributed by atoms with Crippen molar-refractivity contribution in [1.82, 2.24) is 10.1 Å². The molecule has 2 N–H and O–H groups in total. The number of rotatable bonds is 3. The van der Waals surface area contributed by atoms with Crippen LogP contribution in [0.1, 0.15) is 31.2 Å². The van der Waals surface area contributed by atoms with Gasteiger partial charge in [0.25, 0.3) is 0 Å². The van der Waals surface area contributed by atoms with Gasteiger partial charge in [0, 0.05) is 25.2 Å². The molecular weight excluding hydrogens is 202 g/mol. The van der Waals surface area contributed by atoms with Crippen LogP contribution in [-0.2, 0) is 6.54 Å². The van der Waals surface area contributed by atoms with Crippen molar-refractivity contribution >= 4 is 0 Å². The van der Waals surface area contributed by atoms with Crippen molar-refractivity contribution in [2.24, 2.45) is 11.7 Å². The summed E-state index contributed by atoms with van der Waals surface area (Å²) in [6.07, 6.45) is 2.50. The quantitative estimate of drug-likeness (QED) is 0.844. The van der Waals surface area contributed by atoms with Gasteiger partial charge in [-0.1, -0.05) is 5.16 Å². The van der Waals surface area contributed by atoms with E-state index in [1.54, 1.807) is 0 Å². The summed E-state index contributed by atoms with van der Waals surface area (Å²) >= 11 is 0. The second kappa shape index (κ2) is 4.97. The normalized spacial score (nSPS) is 24.6. The molecule has 4 heteroatoms. The molecule has 90 valence electrons. The summed E-state index contributed by atoms with van der Waals surface area (Å²) in [7, 11) is 0. The Hall–Kier alpha value is -0.870. The highest BCUT2D eigenvalue weighted by Gasteiger charge is 2.23. The van der Waals surface area contributed by atoms with Crippen molar-refractivity contribution in [3.05, 3.63) is 17.5 Å².